The van der Waals surface area contributed by atoms with Crippen molar-refractivity contribution >= 4 is 28.0 Å². The Kier molecular flexibility index (Phi) is 5.04. The van der Waals surface area contributed by atoms with Crippen LogP contribution in [-0.4, -0.2) is 54.0 Å². The summed E-state index contributed by atoms with van der Waals surface area (Å²) in [6, 6.07) is 0. The molecule has 2 unspecified atom stereocenters. The predicted molar refractivity (Wildman–Crippen MR) is 50.7 cm³/mol. The third kappa shape index (κ3) is 5.82. The fourth-order valence-corrected chi connectivity index (χ4v) is 1.57. The SMILES string of the molecule is CS(=O)(=O)OC(C(=O)O)C(CC(=O)O)C(=O)O. The number of hydrogen-bond donors (Lipinski definition) is 3. The number of carbonyl (C=O) groups is 3. The molecule has 0 saturated heterocycles. The highest BCUT2D eigenvalue weighted by molar-refractivity contribution is 7.86. The predicted octanol–water partition coefficient (Wildman–Crippen LogP) is -1.41. The van der Waals surface area contributed by atoms with Crippen LogP contribution in [0.5, 0.6) is 0 Å². The summed E-state index contributed by atoms with van der Waals surface area (Å²) < 4.78 is 25.5. The molecular weight excluding hydrogens is 260 g/mol. The molecule has 0 aromatic heterocycles. The third-order valence-electron chi connectivity index (χ3n) is 1.60. The smallest absolute Gasteiger partial charge is 0.335 e. The quantitative estimate of drug-likeness (QED) is 0.473. The first-order valence-corrected chi connectivity index (χ1v) is 5.92. The lowest BCUT2D eigenvalue weighted by Crippen LogP contribution is -2.39. The molecule has 17 heavy (non-hydrogen) atoms. The van der Waals surface area contributed by atoms with E-state index in [1.807, 2.05) is 0 Å². The molecule has 0 radical (unpaired) electrons. The second-order valence-corrected chi connectivity index (χ2v) is 4.70. The average Bonchev–Trinajstić information content (AvgIpc) is 2.08. The summed E-state index contributed by atoms with van der Waals surface area (Å²) in [6.45, 7) is 0. The molecule has 0 amide bonds. The van der Waals surface area contributed by atoms with Crippen molar-refractivity contribution in [1.82, 2.24) is 0 Å². The van der Waals surface area contributed by atoms with E-state index in [9.17, 15) is 22.8 Å². The van der Waals surface area contributed by atoms with Crippen molar-refractivity contribution in [1.29, 1.82) is 0 Å². The van der Waals surface area contributed by atoms with Crippen LogP contribution < -0.4 is 0 Å². The maximum atomic E-state index is 10.7. The molecule has 0 aliphatic heterocycles. The maximum Gasteiger partial charge on any atom is 0.335 e. The lowest BCUT2D eigenvalue weighted by atomic mass is 9.99. The molecule has 0 heterocycles. The van der Waals surface area contributed by atoms with Gasteiger partial charge in [0.1, 0.15) is 5.92 Å². The van der Waals surface area contributed by atoms with E-state index >= 15 is 0 Å². The fraction of sp³-hybridized carbons (Fsp3) is 0.571. The molecule has 0 aliphatic carbocycles. The summed E-state index contributed by atoms with van der Waals surface area (Å²) in [5.41, 5.74) is 0. The largest absolute Gasteiger partial charge is 0.481 e. The first-order valence-electron chi connectivity index (χ1n) is 4.10. The first-order chi connectivity index (χ1) is 7.54. The molecule has 0 saturated carbocycles. The molecule has 0 bridgehead atoms. The van der Waals surface area contributed by atoms with Gasteiger partial charge in [0.25, 0.3) is 10.1 Å². The van der Waals surface area contributed by atoms with Gasteiger partial charge in [-0.2, -0.15) is 8.42 Å². The minimum Gasteiger partial charge on any atom is -0.481 e. The van der Waals surface area contributed by atoms with Crippen LogP contribution in [0, 0.1) is 5.92 Å². The minimum atomic E-state index is -4.22. The second kappa shape index (κ2) is 5.59. The van der Waals surface area contributed by atoms with Crippen molar-refractivity contribution in [2.45, 2.75) is 12.5 Å². The number of rotatable bonds is 7. The van der Waals surface area contributed by atoms with E-state index in [0.29, 0.717) is 6.26 Å². The molecular formula is C7H10O9S. The highest BCUT2D eigenvalue weighted by atomic mass is 32.2. The van der Waals surface area contributed by atoms with Gasteiger partial charge in [-0.15, -0.1) is 0 Å². The van der Waals surface area contributed by atoms with Gasteiger partial charge in [-0.25, -0.2) is 4.79 Å². The highest BCUT2D eigenvalue weighted by Gasteiger charge is 2.38. The van der Waals surface area contributed by atoms with E-state index in [4.69, 9.17) is 15.3 Å². The summed E-state index contributed by atoms with van der Waals surface area (Å²) in [6.07, 6.45) is -2.82. The van der Waals surface area contributed by atoms with Crippen LogP contribution in [0.4, 0.5) is 0 Å². The summed E-state index contributed by atoms with van der Waals surface area (Å²) in [5, 5.41) is 25.7. The van der Waals surface area contributed by atoms with Gasteiger partial charge >= 0.3 is 17.9 Å². The van der Waals surface area contributed by atoms with Gasteiger partial charge in [-0.05, 0) is 0 Å². The van der Waals surface area contributed by atoms with Crippen molar-refractivity contribution in [2.75, 3.05) is 6.26 Å². The van der Waals surface area contributed by atoms with Crippen LogP contribution in [0.1, 0.15) is 6.42 Å². The molecule has 10 heteroatoms. The molecule has 0 fully saturated rings. The van der Waals surface area contributed by atoms with Gasteiger partial charge < -0.3 is 15.3 Å². The van der Waals surface area contributed by atoms with Crippen LogP contribution in [0.2, 0.25) is 0 Å². The number of aliphatic carboxylic acids is 3. The Morgan fingerprint density at radius 2 is 1.59 bits per heavy atom. The Morgan fingerprint density at radius 3 is 1.82 bits per heavy atom. The molecule has 98 valence electrons. The minimum absolute atomic E-state index is 0.530. The van der Waals surface area contributed by atoms with Gasteiger partial charge in [0, 0.05) is 0 Å². The van der Waals surface area contributed by atoms with Gasteiger partial charge in [0.2, 0.25) is 0 Å². The third-order valence-corrected chi connectivity index (χ3v) is 2.16. The van der Waals surface area contributed by atoms with Crippen molar-refractivity contribution in [3.8, 4) is 0 Å². The van der Waals surface area contributed by atoms with Crippen molar-refractivity contribution in [3.63, 3.8) is 0 Å². The maximum absolute atomic E-state index is 10.7. The van der Waals surface area contributed by atoms with Gasteiger partial charge in [-0.1, -0.05) is 0 Å². The second-order valence-electron chi connectivity index (χ2n) is 3.10. The van der Waals surface area contributed by atoms with E-state index < -0.39 is 46.5 Å². The molecule has 9 nitrogen and oxygen atoms in total. The summed E-state index contributed by atoms with van der Waals surface area (Å²) in [7, 11) is -4.22. The van der Waals surface area contributed by atoms with Crippen LogP contribution >= 0.6 is 0 Å². The fourth-order valence-electron chi connectivity index (χ4n) is 0.981. The monoisotopic (exact) mass is 270 g/mol. The highest BCUT2D eigenvalue weighted by Crippen LogP contribution is 2.16. The standard InChI is InChI=1S/C7H10O9S/c1-17(14,15)16-5(7(12)13)3(6(10)11)2-4(8)9/h3,5H,2H2,1H3,(H,8,9)(H,10,11)(H,12,13). The van der Waals surface area contributed by atoms with E-state index in [0.717, 1.165) is 0 Å². The molecule has 0 aromatic rings. The van der Waals surface area contributed by atoms with Gasteiger partial charge in [-0.3, -0.25) is 13.8 Å². The molecule has 0 aromatic carbocycles. The zero-order chi connectivity index (χ0) is 13.8. The van der Waals surface area contributed by atoms with Crippen molar-refractivity contribution in [2.24, 2.45) is 5.92 Å². The molecule has 0 rings (SSSR count). The molecule has 2 atom stereocenters. The van der Waals surface area contributed by atoms with E-state index in [-0.39, 0.29) is 0 Å². The first kappa shape index (κ1) is 15.3. The Balaban J connectivity index is 5.17. The zero-order valence-electron chi connectivity index (χ0n) is 8.56. The van der Waals surface area contributed by atoms with Gasteiger partial charge in [0.15, 0.2) is 6.10 Å². The van der Waals surface area contributed by atoms with Crippen LogP contribution in [0.3, 0.4) is 0 Å². The summed E-state index contributed by atoms with van der Waals surface area (Å²) >= 11 is 0. The average molecular weight is 270 g/mol. The van der Waals surface area contributed by atoms with Crippen LogP contribution in [0.15, 0.2) is 0 Å². The Bertz CT molecular complexity index is 423. The summed E-state index contributed by atoms with van der Waals surface area (Å²) in [5.74, 6) is -7.23. The van der Waals surface area contributed by atoms with Crippen molar-refractivity contribution < 1.29 is 42.3 Å². The van der Waals surface area contributed by atoms with Gasteiger partial charge in [0.05, 0.1) is 12.7 Å². The van der Waals surface area contributed by atoms with Crippen molar-refractivity contribution in [3.05, 3.63) is 0 Å². The topological polar surface area (TPSA) is 155 Å². The summed E-state index contributed by atoms with van der Waals surface area (Å²) in [4.78, 5) is 31.7. The molecule has 0 spiro atoms. The molecule has 0 aliphatic rings. The molecule has 3 N–H and O–H groups in total. The van der Waals surface area contributed by atoms with Crippen LogP contribution in [0.25, 0.3) is 0 Å². The Morgan fingerprint density at radius 1 is 1.12 bits per heavy atom. The number of hydrogen-bond acceptors (Lipinski definition) is 6. The Hall–Kier alpha value is -1.68. The van der Waals surface area contributed by atoms with E-state index in [1.165, 1.54) is 0 Å². The number of carboxylic acids is 3. The lowest BCUT2D eigenvalue weighted by molar-refractivity contribution is -0.160. The van der Waals surface area contributed by atoms with E-state index in [2.05, 4.69) is 4.18 Å². The normalized spacial score (nSPS) is 14.9. The van der Waals surface area contributed by atoms with E-state index in [1.54, 1.807) is 0 Å². The lowest BCUT2D eigenvalue weighted by Gasteiger charge is -2.17. The Labute approximate surface area is 95.7 Å². The number of carboxylic acid groups (broad SMARTS) is 3. The zero-order valence-corrected chi connectivity index (χ0v) is 9.38. The van der Waals surface area contributed by atoms with Crippen LogP contribution in [-0.2, 0) is 28.7 Å².